The third kappa shape index (κ3) is 3.85. The highest BCUT2D eigenvalue weighted by Gasteiger charge is 2.20. The van der Waals surface area contributed by atoms with Crippen LogP contribution >= 0.6 is 8.58 Å². The number of aryl methyl sites for hydroxylation is 1. The second kappa shape index (κ2) is 4.44. The Kier molecular flexibility index (Phi) is 3.78. The third-order valence-corrected chi connectivity index (χ3v) is 4.45. The van der Waals surface area contributed by atoms with Crippen LogP contribution in [0.1, 0.15) is 26.3 Å². The molecule has 90 valence electrons. The molecule has 0 spiro atoms. The lowest BCUT2D eigenvalue weighted by Gasteiger charge is -2.20. The van der Waals surface area contributed by atoms with Crippen molar-refractivity contribution in [2.45, 2.75) is 37.7 Å². The highest BCUT2D eigenvalue weighted by atomic mass is 32.2. The van der Waals surface area contributed by atoms with Crippen LogP contribution in [0, 0.1) is 6.92 Å². The molecule has 0 radical (unpaired) electrons. The molecule has 1 aromatic rings. The van der Waals surface area contributed by atoms with Gasteiger partial charge in [0.15, 0.2) is 0 Å². The fourth-order valence-electron chi connectivity index (χ4n) is 1.37. The van der Waals surface area contributed by atoms with Crippen molar-refractivity contribution in [2.24, 2.45) is 0 Å². The van der Waals surface area contributed by atoms with Crippen LogP contribution in [0.25, 0.3) is 0 Å². The summed E-state index contributed by atoms with van der Waals surface area (Å²) >= 11 is 0. The summed E-state index contributed by atoms with van der Waals surface area (Å²) in [6.07, 6.45) is 0. The molecule has 1 rings (SSSR count). The molecule has 1 atom stereocenters. The van der Waals surface area contributed by atoms with Crippen molar-refractivity contribution >= 4 is 24.0 Å². The maximum absolute atomic E-state index is 11.2. The molecule has 0 fully saturated rings. The van der Waals surface area contributed by atoms with Gasteiger partial charge in [0.2, 0.25) is 0 Å². The van der Waals surface area contributed by atoms with E-state index in [1.807, 2.05) is 33.8 Å². The summed E-state index contributed by atoms with van der Waals surface area (Å²) in [6.45, 7) is 8.04. The first-order valence-electron chi connectivity index (χ1n) is 4.96. The van der Waals surface area contributed by atoms with Crippen molar-refractivity contribution in [1.29, 1.82) is 0 Å². The quantitative estimate of drug-likeness (QED) is 0.656. The van der Waals surface area contributed by atoms with Crippen LogP contribution in [-0.4, -0.2) is 18.1 Å². The molecule has 0 aliphatic rings. The lowest BCUT2D eigenvalue weighted by Crippen LogP contribution is -2.17. The number of benzene rings is 1. The van der Waals surface area contributed by atoms with Gasteiger partial charge in [-0.25, -0.2) is 0 Å². The molecule has 0 amide bonds. The normalized spacial score (nSPS) is 13.6. The van der Waals surface area contributed by atoms with Crippen LogP contribution in [0.3, 0.4) is 0 Å². The van der Waals surface area contributed by atoms with Gasteiger partial charge in [0, 0.05) is 0 Å². The number of hydrogen-bond acceptors (Lipinski definition) is 2. The summed E-state index contributed by atoms with van der Waals surface area (Å²) in [4.78, 5) is 0.0337. The average Bonchev–Trinajstić information content (AvgIpc) is 1.97. The third-order valence-electron chi connectivity index (χ3n) is 1.92. The van der Waals surface area contributed by atoms with E-state index in [9.17, 15) is 8.42 Å². The van der Waals surface area contributed by atoms with E-state index in [0.717, 1.165) is 5.56 Å². The first-order chi connectivity index (χ1) is 7.09. The van der Waals surface area contributed by atoms with Crippen LogP contribution in [0.15, 0.2) is 23.1 Å². The van der Waals surface area contributed by atoms with Crippen LogP contribution < -0.4 is 5.30 Å². The van der Waals surface area contributed by atoms with E-state index >= 15 is 0 Å². The van der Waals surface area contributed by atoms with Crippen LogP contribution in [0.4, 0.5) is 0 Å². The summed E-state index contributed by atoms with van der Waals surface area (Å²) in [7, 11) is -3.77. The fourth-order valence-corrected chi connectivity index (χ4v) is 3.80. The molecule has 1 unspecified atom stereocenters. The molecule has 0 saturated carbocycles. The molecule has 0 bridgehead atoms. The van der Waals surface area contributed by atoms with Crippen molar-refractivity contribution in [3.05, 3.63) is 23.8 Å². The first-order valence-corrected chi connectivity index (χ1v) is 7.40. The molecule has 0 heterocycles. The Bertz CT molecular complexity index is 486. The Morgan fingerprint density at radius 3 is 2.25 bits per heavy atom. The van der Waals surface area contributed by atoms with Crippen molar-refractivity contribution in [1.82, 2.24) is 0 Å². The van der Waals surface area contributed by atoms with Crippen molar-refractivity contribution in [3.8, 4) is 0 Å². The molecule has 1 aromatic carbocycles. The summed E-state index contributed by atoms with van der Waals surface area (Å²) in [5, 5.41) is 0.711. The topological polar surface area (TPSA) is 54.4 Å². The lowest BCUT2D eigenvalue weighted by molar-refractivity contribution is 0.484. The van der Waals surface area contributed by atoms with Gasteiger partial charge in [-0.3, -0.25) is 4.55 Å². The Morgan fingerprint density at radius 2 is 1.81 bits per heavy atom. The molecule has 5 heteroatoms. The fraction of sp³-hybridized carbons (Fsp3) is 0.455. The van der Waals surface area contributed by atoms with Gasteiger partial charge in [0.05, 0.1) is 0 Å². The molecular formula is C11H17O3PS. The smallest absolute Gasteiger partial charge is 0.282 e. The van der Waals surface area contributed by atoms with E-state index in [1.54, 1.807) is 6.07 Å². The zero-order chi connectivity index (χ0) is 12.6. The van der Waals surface area contributed by atoms with Crippen molar-refractivity contribution in [3.63, 3.8) is 0 Å². The summed E-state index contributed by atoms with van der Waals surface area (Å²) in [5.74, 6) is 0. The van der Waals surface area contributed by atoms with Gasteiger partial charge in [-0.05, 0) is 23.5 Å². The molecule has 0 aliphatic heterocycles. The minimum Gasteiger partial charge on any atom is -0.282 e. The van der Waals surface area contributed by atoms with Gasteiger partial charge in [-0.15, -0.1) is 0 Å². The second-order valence-electron chi connectivity index (χ2n) is 4.85. The van der Waals surface area contributed by atoms with Crippen LogP contribution in [0.2, 0.25) is 0 Å². The summed E-state index contributed by atoms with van der Waals surface area (Å²) < 4.78 is 31.6. The minimum absolute atomic E-state index is 0.00718. The Morgan fingerprint density at radius 1 is 1.25 bits per heavy atom. The predicted molar refractivity (Wildman–Crippen MR) is 68.7 cm³/mol. The Hall–Kier alpha value is -0.440. The van der Waals surface area contributed by atoms with Gasteiger partial charge in [0.25, 0.3) is 10.1 Å². The maximum Gasteiger partial charge on any atom is 0.295 e. The zero-order valence-electron chi connectivity index (χ0n) is 9.90. The molecule has 3 nitrogen and oxygen atoms in total. The van der Waals surface area contributed by atoms with Gasteiger partial charge in [0.1, 0.15) is 4.90 Å². The van der Waals surface area contributed by atoms with E-state index in [4.69, 9.17) is 4.55 Å². The molecule has 0 aromatic heterocycles. The van der Waals surface area contributed by atoms with Gasteiger partial charge >= 0.3 is 0 Å². The molecule has 0 aliphatic carbocycles. The predicted octanol–water partition coefficient (Wildman–Crippen LogP) is 2.34. The minimum atomic E-state index is -4.12. The largest absolute Gasteiger partial charge is 0.295 e. The SMILES string of the molecule is Cc1ccc(S(=O)(=O)O)c(PC(C)(C)C)c1. The van der Waals surface area contributed by atoms with E-state index in [1.165, 1.54) is 6.07 Å². The lowest BCUT2D eigenvalue weighted by atomic mass is 10.2. The number of rotatable bonds is 2. The standard InChI is InChI=1S/C11H17O3PS/c1-8-5-6-10(16(12,13)14)9(7-8)15-11(2,3)4/h5-7,15H,1-4H3,(H,12,13,14). The second-order valence-corrected chi connectivity index (χ2v) is 8.53. The monoisotopic (exact) mass is 260 g/mol. The molecule has 1 N–H and O–H groups in total. The van der Waals surface area contributed by atoms with Gasteiger partial charge in [-0.1, -0.05) is 47.0 Å². The summed E-state index contributed by atoms with van der Waals surface area (Å²) in [6, 6.07) is 4.99. The average molecular weight is 260 g/mol. The van der Waals surface area contributed by atoms with E-state index in [2.05, 4.69) is 0 Å². The van der Waals surface area contributed by atoms with E-state index in [-0.39, 0.29) is 10.1 Å². The zero-order valence-corrected chi connectivity index (χ0v) is 11.7. The molecular weight excluding hydrogens is 243 g/mol. The summed E-state index contributed by atoms with van der Waals surface area (Å²) in [5.41, 5.74) is 0.999. The van der Waals surface area contributed by atoms with Crippen molar-refractivity contribution in [2.75, 3.05) is 0 Å². The van der Waals surface area contributed by atoms with Gasteiger partial charge < -0.3 is 0 Å². The highest BCUT2D eigenvalue weighted by molar-refractivity contribution is 7.86. The highest BCUT2D eigenvalue weighted by Crippen LogP contribution is 2.32. The molecule has 0 saturated heterocycles. The van der Waals surface area contributed by atoms with Crippen LogP contribution in [-0.2, 0) is 10.1 Å². The Balaban J connectivity index is 3.30. The maximum atomic E-state index is 11.2. The van der Waals surface area contributed by atoms with Gasteiger partial charge in [-0.2, -0.15) is 8.42 Å². The first kappa shape index (κ1) is 13.6. The van der Waals surface area contributed by atoms with E-state index < -0.39 is 10.1 Å². The number of hydrogen-bond donors (Lipinski definition) is 1. The Labute approximate surface area is 98.8 Å². The van der Waals surface area contributed by atoms with Crippen molar-refractivity contribution < 1.29 is 13.0 Å². The van der Waals surface area contributed by atoms with E-state index in [0.29, 0.717) is 13.9 Å². The van der Waals surface area contributed by atoms with Crippen LogP contribution in [0.5, 0.6) is 0 Å². The molecule has 16 heavy (non-hydrogen) atoms.